The third-order valence-electron chi connectivity index (χ3n) is 15.6. The fourth-order valence-corrected chi connectivity index (χ4v) is 15.1. The molecule has 6 aromatic heterocycles. The molecule has 6 aromatic rings. The number of nitrogen functional groups attached to an aromatic ring is 4. The van der Waals surface area contributed by atoms with Crippen LogP contribution in [0.15, 0.2) is 79.6 Å². The molecule has 534 valence electrons. The minimum atomic E-state index is -5.51. The number of imidazole rings is 1. The number of aliphatic hydroxyl groups is 1. The summed E-state index contributed by atoms with van der Waals surface area (Å²) in [6.45, 7) is -3.19. The number of phosphoric ester groups is 4. The number of aliphatic hydroxyl groups excluding tert-OH is 1. The predicted octanol–water partition coefficient (Wildman–Crippen LogP) is -1.74. The molecule has 98 heavy (non-hydrogen) atoms. The summed E-state index contributed by atoms with van der Waals surface area (Å²) >= 11 is 0. The first-order chi connectivity index (χ1) is 46.2. The van der Waals surface area contributed by atoms with Crippen molar-refractivity contribution >= 4 is 74.0 Å². The molecule has 11 rings (SSSR count). The molecular weight excluding hydrogens is 1420 g/mol. The van der Waals surface area contributed by atoms with Gasteiger partial charge < -0.3 is 71.3 Å². The predicted molar refractivity (Wildman–Crippen MR) is 322 cm³/mol. The fourth-order valence-electron chi connectivity index (χ4n) is 11.0. The average molecular weight is 1490 g/mol. The first-order valence-corrected chi connectivity index (χ1v) is 36.0. The van der Waals surface area contributed by atoms with Gasteiger partial charge in [-0.25, -0.2) is 52.4 Å². The molecule has 5 unspecified atom stereocenters. The van der Waals surface area contributed by atoms with Gasteiger partial charge in [-0.1, -0.05) is 0 Å². The number of nitrogens with two attached hydrogens (primary N) is 4. The monoisotopic (exact) mass is 1490 g/mol. The van der Waals surface area contributed by atoms with Crippen molar-refractivity contribution in [2.75, 3.05) is 56.0 Å². The molecule has 0 amide bonds. The number of nitrogens with zero attached hydrogens (tertiary/aromatic N) is 11. The number of nitrogens with one attached hydrogen (secondary N) is 1. The molecule has 0 aliphatic carbocycles. The van der Waals surface area contributed by atoms with Crippen molar-refractivity contribution in [1.29, 1.82) is 0 Å². The zero-order chi connectivity index (χ0) is 70.3. The Kier molecular flexibility index (Phi) is 21.8. The largest absolute Gasteiger partial charge is 0.694 e. The van der Waals surface area contributed by atoms with Crippen molar-refractivity contribution in [2.24, 2.45) is 0 Å². The van der Waals surface area contributed by atoms with Crippen molar-refractivity contribution in [3.05, 3.63) is 113 Å². The summed E-state index contributed by atoms with van der Waals surface area (Å²) in [5.74, 6) is -0.589. The molecule has 0 aromatic carbocycles. The van der Waals surface area contributed by atoms with Crippen LogP contribution in [0.2, 0.25) is 0 Å². The lowest BCUT2D eigenvalue weighted by molar-refractivity contribution is -0.0644. The van der Waals surface area contributed by atoms with Gasteiger partial charge in [0.15, 0.2) is 11.5 Å². The molecule has 15 N–H and O–H groups in total. The Balaban J connectivity index is 0.776. The van der Waals surface area contributed by atoms with Crippen molar-refractivity contribution in [2.45, 2.75) is 131 Å². The van der Waals surface area contributed by atoms with E-state index < -0.39 is 212 Å². The Bertz CT molecular complexity index is 4470. The van der Waals surface area contributed by atoms with Gasteiger partial charge in [-0.3, -0.25) is 68.8 Å². The molecule has 5 aliphatic heterocycles. The average Bonchev–Trinajstić information content (AvgIpc) is 1.64. The van der Waals surface area contributed by atoms with Crippen LogP contribution in [-0.2, 0) is 87.2 Å². The van der Waals surface area contributed by atoms with Crippen molar-refractivity contribution < 1.29 is 117 Å². The summed E-state index contributed by atoms with van der Waals surface area (Å²) in [7, 11) is -24.8. The lowest BCUT2D eigenvalue weighted by Crippen LogP contribution is -2.33. The summed E-state index contributed by atoms with van der Waals surface area (Å²) in [5.41, 5.74) is 19.0. The molecule has 0 bridgehead atoms. The van der Waals surface area contributed by atoms with E-state index in [-0.39, 0.29) is 52.8 Å². The van der Waals surface area contributed by atoms with Crippen LogP contribution in [0.1, 0.15) is 68.8 Å². The van der Waals surface area contributed by atoms with E-state index in [0.29, 0.717) is 0 Å². The second-order valence-corrected chi connectivity index (χ2v) is 28.6. The maximum atomic E-state index is 14.2. The number of hydrogen-bond donors (Lipinski definition) is 11. The maximum absolute atomic E-state index is 14.2. The molecular formula is C47H62N16O30P5+. The van der Waals surface area contributed by atoms with Crippen LogP contribution in [-0.4, -0.2) is 181 Å². The maximum Gasteiger partial charge on any atom is 0.694 e. The normalized spacial score (nSPS) is 29.9. The molecule has 20 atom stereocenters. The van der Waals surface area contributed by atoms with Crippen LogP contribution < -0.4 is 51.3 Å². The zero-order valence-electron chi connectivity index (χ0n) is 50.4. The molecule has 5 saturated heterocycles. The van der Waals surface area contributed by atoms with Crippen LogP contribution in [0.3, 0.4) is 0 Å². The Labute approximate surface area is 547 Å². The molecule has 51 heteroatoms. The molecule has 11 heterocycles. The molecule has 0 saturated carbocycles. The van der Waals surface area contributed by atoms with Gasteiger partial charge in [-0.05, 0) is 25.1 Å². The number of rotatable bonds is 28. The SMILES string of the molecule is Cc1cn([C@H]2C[C@H](O)[C@@H](COP(=O)(O)O[C@H]3C[C@H](n4ccc(N)nc4=O)O[C@@H]3COP(=O)(O)O[C@H]3C[C@H](n4ccc(N)nc4=O)O[C@@H]3COP(=O)(O)O[C@H]3C[C@H](n4cnc5c(N)ncnc54)O[C@@H]3COP(=O)(O)O[C@H]3C[C@H](n4ccc(N)nc4=O)O[C@@H]3CO[P+](=O)O)O2)c(=O)[nH]c1=O. The molecule has 0 radical (unpaired) electrons. The second-order valence-electron chi connectivity index (χ2n) is 22.2. The van der Waals surface area contributed by atoms with E-state index in [2.05, 4.69) is 34.9 Å². The number of phosphoric acid groups is 4. The summed E-state index contributed by atoms with van der Waals surface area (Å²) in [6.07, 6.45) is -17.0. The van der Waals surface area contributed by atoms with Gasteiger partial charge in [0.25, 0.3) is 5.56 Å². The Morgan fingerprint density at radius 2 is 0.908 bits per heavy atom. The van der Waals surface area contributed by atoms with E-state index in [0.717, 1.165) is 30.8 Å². The van der Waals surface area contributed by atoms with Gasteiger partial charge in [-0.2, -0.15) is 15.0 Å². The van der Waals surface area contributed by atoms with Crippen LogP contribution in [0.4, 0.5) is 23.3 Å². The number of aromatic nitrogens is 12. The van der Waals surface area contributed by atoms with Gasteiger partial charge in [-0.15, -0.1) is 9.42 Å². The number of ether oxygens (including phenoxy) is 5. The Morgan fingerprint density at radius 1 is 0.541 bits per heavy atom. The minimum absolute atomic E-state index is 0.0473. The molecule has 46 nitrogen and oxygen atoms in total. The third-order valence-corrected chi connectivity index (χ3v) is 20.0. The number of anilines is 4. The van der Waals surface area contributed by atoms with E-state index in [1.807, 2.05) is 0 Å². The molecule has 5 fully saturated rings. The highest BCUT2D eigenvalue weighted by Gasteiger charge is 2.50. The van der Waals surface area contributed by atoms with Gasteiger partial charge in [0.05, 0.1) is 38.9 Å². The van der Waals surface area contributed by atoms with Gasteiger partial charge in [0, 0.05) is 67.0 Å². The highest BCUT2D eigenvalue weighted by atomic mass is 31.2. The second kappa shape index (κ2) is 29.5. The number of hydrogen-bond acceptors (Lipinski definition) is 35. The first kappa shape index (κ1) is 72.5. The van der Waals surface area contributed by atoms with Crippen LogP contribution in [0.5, 0.6) is 0 Å². The van der Waals surface area contributed by atoms with E-state index in [1.54, 1.807) is 0 Å². The van der Waals surface area contributed by atoms with E-state index in [4.69, 9.17) is 87.3 Å². The number of fused-ring (bicyclic) bond motifs is 1. The molecule has 0 spiro atoms. The van der Waals surface area contributed by atoms with Gasteiger partial charge >= 0.3 is 62.3 Å². The van der Waals surface area contributed by atoms with Crippen LogP contribution >= 0.6 is 39.5 Å². The van der Waals surface area contributed by atoms with E-state index in [1.165, 1.54) is 54.6 Å². The Hall–Kier alpha value is -6.71. The smallest absolute Gasteiger partial charge is 0.390 e. The number of aromatic amines is 1. The topological polar surface area (TPSA) is 643 Å². The lowest BCUT2D eigenvalue weighted by atomic mass is 10.2. The van der Waals surface area contributed by atoms with Crippen molar-refractivity contribution in [3.8, 4) is 0 Å². The van der Waals surface area contributed by atoms with Crippen molar-refractivity contribution in [3.63, 3.8) is 0 Å². The highest BCUT2D eigenvalue weighted by molar-refractivity contribution is 7.48. The van der Waals surface area contributed by atoms with Crippen molar-refractivity contribution in [1.82, 2.24) is 57.7 Å². The van der Waals surface area contributed by atoms with E-state index in [9.17, 15) is 76.4 Å². The Morgan fingerprint density at radius 3 is 1.31 bits per heavy atom. The standard InChI is InChI=1S/C47H61N16O30P5/c1-21-13-62(47(69)58-43(21)65)35-8-22(64)27(85-35)15-81-95(72,73)91-24-10-37(60-6-3-33(49)56-45(60)67)87-29(24)16-82-97(76,77)92-25-11-38(61-7-4-34(50)57-46(61)68)88-30(25)17-83-98(78,79)93-26-12-39(63-20-54-40-41(51)52-19-53-42(40)63)89-31(26)18-84-96(74,75)90-23-9-36(86-28(23)14-80-94(70)71)59-5-2-32(48)55-44(59)66/h2-7,13,19-20,22-31,35-39,64H,8-12,14-18H2,1H3,(H13-,48,49,50,51,52,53,55,56,57,58,65,66,67,68,69,70,71,72,73,74,75,76,77,78,79)/p+1/t22-,23-,24-,25-,26-,27+,28+,29+,30+,31+,35+,36+,37+,38+,39+/m0/s1. The minimum Gasteiger partial charge on any atom is -0.390 e. The summed E-state index contributed by atoms with van der Waals surface area (Å²) in [5, 5.41) is 10.8. The number of aryl methyl sites for hydroxylation is 1. The van der Waals surface area contributed by atoms with Crippen LogP contribution in [0, 0.1) is 6.92 Å². The fraction of sp³-hybridized carbons (Fsp3) is 0.553. The molecule has 5 aliphatic rings. The van der Waals surface area contributed by atoms with Gasteiger partial charge in [0.1, 0.15) is 122 Å². The van der Waals surface area contributed by atoms with Gasteiger partial charge in [0.2, 0.25) is 0 Å². The highest BCUT2D eigenvalue weighted by Crippen LogP contribution is 2.55. The zero-order valence-corrected chi connectivity index (χ0v) is 54.8. The first-order valence-electron chi connectivity index (χ1n) is 28.9. The number of H-pyrrole nitrogens is 1. The van der Waals surface area contributed by atoms with E-state index >= 15 is 0 Å². The lowest BCUT2D eigenvalue weighted by Gasteiger charge is -2.25. The summed E-state index contributed by atoms with van der Waals surface area (Å²) in [6, 6.07) is 3.68. The van der Waals surface area contributed by atoms with Crippen LogP contribution in [0.25, 0.3) is 11.2 Å². The summed E-state index contributed by atoms with van der Waals surface area (Å²) in [4.78, 5) is 143. The quantitative estimate of drug-likeness (QED) is 0.0243. The summed E-state index contributed by atoms with van der Waals surface area (Å²) < 4.78 is 150. The third kappa shape index (κ3) is 17.4.